The van der Waals surface area contributed by atoms with Gasteiger partial charge in [-0.15, -0.1) is 0 Å². The molecule has 0 saturated heterocycles. The molecule has 5 N–H and O–H groups in total. The maximum atomic E-state index is 12.7. The molecule has 2 amide bonds. The van der Waals surface area contributed by atoms with E-state index in [0.29, 0.717) is 6.54 Å². The van der Waals surface area contributed by atoms with Gasteiger partial charge >= 0.3 is 6.03 Å². The lowest BCUT2D eigenvalue weighted by Crippen LogP contribution is -2.51. The van der Waals surface area contributed by atoms with Crippen molar-refractivity contribution in [2.75, 3.05) is 18.0 Å². The Morgan fingerprint density at radius 1 is 1.03 bits per heavy atom. The van der Waals surface area contributed by atoms with Crippen molar-refractivity contribution in [1.29, 1.82) is 0 Å². The van der Waals surface area contributed by atoms with Crippen molar-refractivity contribution in [1.82, 2.24) is 16.0 Å². The predicted molar refractivity (Wildman–Crippen MR) is 131 cm³/mol. The third kappa shape index (κ3) is 4.87. The molecule has 32 heavy (non-hydrogen) atoms. The third-order valence-electron chi connectivity index (χ3n) is 5.87. The first-order valence-corrected chi connectivity index (χ1v) is 11.3. The SMILES string of the molecule is CC(C)(C)c1ccc(C2=CC3=CN(c4ccc(CNCCCN)cc4)C(=O)NC3N2)cc1. The van der Waals surface area contributed by atoms with Gasteiger partial charge < -0.3 is 21.7 Å². The van der Waals surface area contributed by atoms with E-state index in [1.54, 1.807) is 4.90 Å². The number of urea groups is 1. The van der Waals surface area contributed by atoms with E-state index in [-0.39, 0.29) is 17.6 Å². The number of fused-ring (bicyclic) bond motifs is 1. The van der Waals surface area contributed by atoms with E-state index in [2.05, 4.69) is 67.1 Å². The molecule has 0 aromatic heterocycles. The van der Waals surface area contributed by atoms with Gasteiger partial charge in [-0.3, -0.25) is 4.90 Å². The van der Waals surface area contributed by atoms with Crippen LogP contribution in [-0.2, 0) is 12.0 Å². The van der Waals surface area contributed by atoms with Gasteiger partial charge in [0.25, 0.3) is 0 Å². The number of benzene rings is 2. The molecule has 2 aliphatic rings. The molecule has 0 aliphatic carbocycles. The smallest absolute Gasteiger partial charge is 0.327 e. The highest BCUT2D eigenvalue weighted by molar-refractivity contribution is 5.96. The maximum absolute atomic E-state index is 12.7. The first-order chi connectivity index (χ1) is 15.3. The molecule has 0 fully saturated rings. The molecule has 4 rings (SSSR count). The molecule has 0 spiro atoms. The van der Waals surface area contributed by atoms with Gasteiger partial charge in [-0.05, 0) is 59.8 Å². The molecule has 6 heteroatoms. The van der Waals surface area contributed by atoms with Crippen molar-refractivity contribution >= 4 is 17.4 Å². The van der Waals surface area contributed by atoms with E-state index in [1.807, 2.05) is 30.5 Å². The Hall–Kier alpha value is -3.09. The second kappa shape index (κ2) is 9.18. The highest BCUT2D eigenvalue weighted by Gasteiger charge is 2.31. The zero-order valence-corrected chi connectivity index (χ0v) is 19.1. The Kier molecular flexibility index (Phi) is 6.35. The van der Waals surface area contributed by atoms with E-state index in [9.17, 15) is 4.79 Å². The van der Waals surface area contributed by atoms with Crippen LogP contribution in [0.4, 0.5) is 10.5 Å². The van der Waals surface area contributed by atoms with Crippen molar-refractivity contribution in [3.8, 4) is 0 Å². The molecule has 2 aliphatic heterocycles. The average molecular weight is 432 g/mol. The summed E-state index contributed by atoms with van der Waals surface area (Å²) in [6, 6.07) is 16.5. The van der Waals surface area contributed by atoms with Crippen molar-refractivity contribution in [3.05, 3.63) is 83.1 Å². The molecule has 2 heterocycles. The number of hydrogen-bond donors (Lipinski definition) is 4. The lowest BCUT2D eigenvalue weighted by molar-refractivity contribution is 0.244. The largest absolute Gasteiger partial charge is 0.361 e. The van der Waals surface area contributed by atoms with Crippen LogP contribution < -0.4 is 26.6 Å². The highest BCUT2D eigenvalue weighted by Crippen LogP contribution is 2.29. The number of nitrogens with one attached hydrogen (secondary N) is 3. The number of rotatable bonds is 7. The first kappa shape index (κ1) is 22.1. The monoisotopic (exact) mass is 431 g/mol. The number of amides is 2. The fourth-order valence-corrected chi connectivity index (χ4v) is 3.90. The molecular weight excluding hydrogens is 398 g/mol. The fourth-order valence-electron chi connectivity index (χ4n) is 3.90. The number of hydrogen-bond acceptors (Lipinski definition) is 4. The Morgan fingerprint density at radius 2 is 1.75 bits per heavy atom. The van der Waals surface area contributed by atoms with Gasteiger partial charge in [-0.25, -0.2) is 4.79 Å². The molecule has 0 radical (unpaired) electrons. The summed E-state index contributed by atoms with van der Waals surface area (Å²) in [6.45, 7) is 9.02. The van der Waals surface area contributed by atoms with Crippen LogP contribution in [0.15, 0.2) is 66.4 Å². The number of nitrogens with two attached hydrogens (primary N) is 1. The molecule has 1 atom stereocenters. The molecular formula is C26H33N5O. The molecule has 1 unspecified atom stereocenters. The van der Waals surface area contributed by atoms with Crippen molar-refractivity contribution in [3.63, 3.8) is 0 Å². The first-order valence-electron chi connectivity index (χ1n) is 11.3. The van der Waals surface area contributed by atoms with E-state index in [0.717, 1.165) is 42.0 Å². The zero-order chi connectivity index (χ0) is 22.7. The summed E-state index contributed by atoms with van der Waals surface area (Å²) in [6.07, 6.45) is 4.79. The summed E-state index contributed by atoms with van der Waals surface area (Å²) < 4.78 is 0. The van der Waals surface area contributed by atoms with E-state index >= 15 is 0 Å². The highest BCUT2D eigenvalue weighted by atomic mass is 16.2. The van der Waals surface area contributed by atoms with Crippen molar-refractivity contribution in [2.24, 2.45) is 5.73 Å². The fraction of sp³-hybridized carbons (Fsp3) is 0.346. The Balaban J connectivity index is 1.48. The van der Waals surface area contributed by atoms with Gasteiger partial charge in [0.2, 0.25) is 0 Å². The van der Waals surface area contributed by atoms with E-state index < -0.39 is 0 Å². The van der Waals surface area contributed by atoms with Gasteiger partial charge in [-0.2, -0.15) is 0 Å². The minimum atomic E-state index is -0.206. The second-order valence-electron chi connectivity index (χ2n) is 9.40. The number of anilines is 1. The van der Waals surface area contributed by atoms with Gasteiger partial charge in [0.05, 0.1) is 5.69 Å². The summed E-state index contributed by atoms with van der Waals surface area (Å²) in [5, 5.41) is 9.86. The Bertz CT molecular complexity index is 1020. The second-order valence-corrected chi connectivity index (χ2v) is 9.40. The van der Waals surface area contributed by atoms with Gasteiger partial charge in [0.1, 0.15) is 6.17 Å². The number of carbonyl (C=O) groups is 1. The molecule has 0 saturated carbocycles. The molecule has 6 nitrogen and oxygen atoms in total. The summed E-state index contributed by atoms with van der Waals surface area (Å²) in [7, 11) is 0. The zero-order valence-electron chi connectivity index (χ0n) is 19.1. The van der Waals surface area contributed by atoms with E-state index in [4.69, 9.17) is 5.73 Å². The number of nitrogens with zero attached hydrogens (tertiary/aromatic N) is 1. The summed E-state index contributed by atoms with van der Waals surface area (Å²) >= 11 is 0. The van der Waals surface area contributed by atoms with Crippen molar-refractivity contribution < 1.29 is 4.79 Å². The summed E-state index contributed by atoms with van der Waals surface area (Å²) in [5.74, 6) is 0. The number of carbonyl (C=O) groups excluding carboxylic acids is 1. The van der Waals surface area contributed by atoms with Gasteiger partial charge in [-0.1, -0.05) is 57.2 Å². The quantitative estimate of drug-likeness (QED) is 0.503. The van der Waals surface area contributed by atoms with Crippen molar-refractivity contribution in [2.45, 2.75) is 45.3 Å². The summed E-state index contributed by atoms with van der Waals surface area (Å²) in [5.41, 5.74) is 12.1. The molecule has 168 valence electrons. The molecule has 0 bridgehead atoms. The minimum Gasteiger partial charge on any atom is -0.361 e. The summed E-state index contributed by atoms with van der Waals surface area (Å²) in [4.78, 5) is 14.4. The molecule has 2 aromatic rings. The van der Waals surface area contributed by atoms with Crippen LogP contribution in [0.25, 0.3) is 5.70 Å². The standard InChI is InChI=1S/C26H33N5O/c1-26(2,3)21-9-7-19(8-10-21)23-15-20-17-31(25(32)30-24(20)29-23)22-11-5-18(6-12-22)16-28-14-4-13-27/h5-12,15,17,24,28-29H,4,13-14,16,27H2,1-3H3,(H,30,32). The van der Waals surface area contributed by atoms with Crippen LogP contribution in [0.3, 0.4) is 0 Å². The topological polar surface area (TPSA) is 82.4 Å². The van der Waals surface area contributed by atoms with Crippen LogP contribution in [0.1, 0.15) is 43.9 Å². The minimum absolute atomic E-state index is 0.122. The Labute approximate surface area is 190 Å². The normalized spacial score (nSPS) is 17.9. The Morgan fingerprint density at radius 3 is 2.41 bits per heavy atom. The third-order valence-corrected chi connectivity index (χ3v) is 5.87. The predicted octanol–water partition coefficient (Wildman–Crippen LogP) is 3.81. The van der Waals surface area contributed by atoms with E-state index in [1.165, 1.54) is 11.1 Å². The average Bonchev–Trinajstić information content (AvgIpc) is 3.19. The van der Waals surface area contributed by atoms with Crippen LogP contribution in [0.2, 0.25) is 0 Å². The maximum Gasteiger partial charge on any atom is 0.327 e. The van der Waals surface area contributed by atoms with Crippen LogP contribution in [0, 0.1) is 0 Å². The van der Waals surface area contributed by atoms with Gasteiger partial charge in [0.15, 0.2) is 0 Å². The lowest BCUT2D eigenvalue weighted by Gasteiger charge is -2.29. The van der Waals surface area contributed by atoms with Crippen LogP contribution in [0.5, 0.6) is 0 Å². The molecule has 2 aromatic carbocycles. The lowest BCUT2D eigenvalue weighted by atomic mass is 9.86. The van der Waals surface area contributed by atoms with Crippen LogP contribution >= 0.6 is 0 Å². The van der Waals surface area contributed by atoms with Crippen LogP contribution in [-0.4, -0.2) is 25.3 Å². The van der Waals surface area contributed by atoms with Gasteiger partial charge in [0, 0.05) is 24.0 Å².